The van der Waals surface area contributed by atoms with E-state index >= 15 is 0 Å². The summed E-state index contributed by atoms with van der Waals surface area (Å²) in [5.41, 5.74) is 0.647. The van der Waals surface area contributed by atoms with Crippen LogP contribution in [-0.4, -0.2) is 40.8 Å². The Morgan fingerprint density at radius 3 is 2.81 bits per heavy atom. The summed E-state index contributed by atoms with van der Waals surface area (Å²) in [6.45, 7) is 1.97. The highest BCUT2D eigenvalue weighted by Gasteiger charge is 2.42. The Labute approximate surface area is 128 Å². The number of nitrogens with zero attached hydrogens (tertiary/aromatic N) is 4. The van der Waals surface area contributed by atoms with Crippen molar-refractivity contribution in [2.24, 2.45) is 0 Å². The Morgan fingerprint density at radius 1 is 1.43 bits per heavy atom. The first-order valence-corrected chi connectivity index (χ1v) is 7.50. The minimum absolute atomic E-state index is 0.00951. The SMILES string of the molecule is CCC1C(=O)N(C)c2cnc(Cl)nc2N1C1CCC(=O)C1. The molecular formula is C14H17ClN4O2. The maximum absolute atomic E-state index is 12.6. The van der Waals surface area contributed by atoms with E-state index in [0.29, 0.717) is 30.8 Å². The number of Topliss-reactive ketones (excluding diaryl/α,β-unsaturated/α-hetero) is 1. The molecule has 0 aromatic carbocycles. The molecule has 6 nitrogen and oxygen atoms in total. The number of rotatable bonds is 2. The van der Waals surface area contributed by atoms with Gasteiger partial charge >= 0.3 is 0 Å². The first-order chi connectivity index (χ1) is 10.0. The molecule has 2 atom stereocenters. The number of halogens is 1. The van der Waals surface area contributed by atoms with Crippen LogP contribution in [0.3, 0.4) is 0 Å². The fourth-order valence-corrected chi connectivity index (χ4v) is 3.34. The summed E-state index contributed by atoms with van der Waals surface area (Å²) in [5, 5.41) is 0.153. The highest BCUT2D eigenvalue weighted by molar-refractivity contribution is 6.28. The zero-order chi connectivity index (χ0) is 15.1. The summed E-state index contributed by atoms with van der Waals surface area (Å²) in [6, 6.07) is -0.283. The molecule has 1 aromatic heterocycles. The number of hydrogen-bond acceptors (Lipinski definition) is 5. The van der Waals surface area contributed by atoms with E-state index in [1.54, 1.807) is 18.1 Å². The van der Waals surface area contributed by atoms with E-state index in [1.807, 2.05) is 11.8 Å². The molecule has 1 saturated carbocycles. The maximum Gasteiger partial charge on any atom is 0.249 e. The van der Waals surface area contributed by atoms with Crippen LogP contribution in [0.5, 0.6) is 0 Å². The third kappa shape index (κ3) is 2.27. The van der Waals surface area contributed by atoms with Crippen molar-refractivity contribution in [3.8, 4) is 0 Å². The topological polar surface area (TPSA) is 66.4 Å². The van der Waals surface area contributed by atoms with E-state index in [1.165, 1.54) is 0 Å². The third-order valence-electron chi connectivity index (χ3n) is 4.28. The van der Waals surface area contributed by atoms with Gasteiger partial charge in [0.15, 0.2) is 5.82 Å². The van der Waals surface area contributed by atoms with E-state index in [9.17, 15) is 9.59 Å². The van der Waals surface area contributed by atoms with Gasteiger partial charge in [-0.05, 0) is 24.4 Å². The van der Waals surface area contributed by atoms with Crippen molar-refractivity contribution in [3.05, 3.63) is 11.5 Å². The van der Waals surface area contributed by atoms with Gasteiger partial charge in [0, 0.05) is 25.9 Å². The number of hydrogen-bond donors (Lipinski definition) is 0. The molecule has 2 unspecified atom stereocenters. The van der Waals surface area contributed by atoms with Crippen LogP contribution in [0.15, 0.2) is 6.20 Å². The second kappa shape index (κ2) is 5.26. The van der Waals surface area contributed by atoms with E-state index in [0.717, 1.165) is 6.42 Å². The predicted octanol–water partition coefficient (Wildman–Crippen LogP) is 1.81. The van der Waals surface area contributed by atoms with Gasteiger partial charge in [0.05, 0.1) is 6.20 Å². The molecule has 112 valence electrons. The average molecular weight is 309 g/mol. The second-order valence-electron chi connectivity index (χ2n) is 5.51. The van der Waals surface area contributed by atoms with Crippen LogP contribution in [0, 0.1) is 0 Å². The minimum atomic E-state index is -0.302. The second-order valence-corrected chi connectivity index (χ2v) is 5.85. The molecule has 0 bridgehead atoms. The van der Waals surface area contributed by atoms with Crippen LogP contribution in [-0.2, 0) is 9.59 Å². The third-order valence-corrected chi connectivity index (χ3v) is 4.46. The van der Waals surface area contributed by atoms with Crippen LogP contribution in [0.2, 0.25) is 5.28 Å². The zero-order valence-electron chi connectivity index (χ0n) is 12.0. The maximum atomic E-state index is 12.6. The Morgan fingerprint density at radius 2 is 2.19 bits per heavy atom. The predicted molar refractivity (Wildman–Crippen MR) is 79.7 cm³/mol. The Balaban J connectivity index is 2.10. The van der Waals surface area contributed by atoms with Crippen LogP contribution < -0.4 is 9.80 Å². The molecule has 0 spiro atoms. The summed E-state index contributed by atoms with van der Waals surface area (Å²) in [5.74, 6) is 0.904. The van der Waals surface area contributed by atoms with Gasteiger partial charge in [0.1, 0.15) is 17.5 Å². The molecule has 1 aliphatic carbocycles. The van der Waals surface area contributed by atoms with Gasteiger partial charge in [-0.1, -0.05) is 6.92 Å². The molecule has 1 aliphatic heterocycles. The quantitative estimate of drug-likeness (QED) is 0.780. The smallest absolute Gasteiger partial charge is 0.249 e. The highest BCUT2D eigenvalue weighted by atomic mass is 35.5. The number of aromatic nitrogens is 2. The minimum Gasteiger partial charge on any atom is -0.339 e. The first kappa shape index (κ1) is 14.3. The highest BCUT2D eigenvalue weighted by Crippen LogP contribution is 2.39. The van der Waals surface area contributed by atoms with Gasteiger partial charge in [-0.15, -0.1) is 0 Å². The lowest BCUT2D eigenvalue weighted by molar-refractivity contribution is -0.120. The standard InChI is InChI=1S/C14H17ClN4O2/c1-3-10-13(21)18(2)11-7-16-14(15)17-12(11)19(10)8-4-5-9(20)6-8/h7-8,10H,3-6H2,1-2H3. The molecule has 21 heavy (non-hydrogen) atoms. The van der Waals surface area contributed by atoms with Crippen molar-refractivity contribution in [1.29, 1.82) is 0 Å². The van der Waals surface area contributed by atoms with Crippen molar-refractivity contribution < 1.29 is 9.59 Å². The lowest BCUT2D eigenvalue weighted by atomic mass is 10.0. The monoisotopic (exact) mass is 308 g/mol. The molecule has 1 amide bonds. The number of amides is 1. The molecule has 7 heteroatoms. The molecular weight excluding hydrogens is 292 g/mol. The lowest BCUT2D eigenvalue weighted by Gasteiger charge is -2.43. The normalized spacial score (nSPS) is 25.5. The Hall–Kier alpha value is -1.69. The van der Waals surface area contributed by atoms with Crippen molar-refractivity contribution in [2.45, 2.75) is 44.7 Å². The molecule has 0 N–H and O–H groups in total. The molecule has 2 heterocycles. The number of ketones is 1. The number of likely N-dealkylation sites (N-methyl/N-ethyl adjacent to an activating group) is 1. The van der Waals surface area contributed by atoms with Gasteiger partial charge < -0.3 is 9.80 Å². The molecule has 2 aliphatic rings. The molecule has 0 radical (unpaired) electrons. The number of anilines is 2. The van der Waals surface area contributed by atoms with Crippen molar-refractivity contribution in [1.82, 2.24) is 9.97 Å². The van der Waals surface area contributed by atoms with Crippen LogP contribution in [0.1, 0.15) is 32.6 Å². The van der Waals surface area contributed by atoms with Gasteiger partial charge in [-0.2, -0.15) is 4.98 Å². The summed E-state index contributed by atoms with van der Waals surface area (Å²) in [7, 11) is 1.72. The van der Waals surface area contributed by atoms with E-state index in [2.05, 4.69) is 9.97 Å². The molecule has 1 aromatic rings. The van der Waals surface area contributed by atoms with E-state index in [-0.39, 0.29) is 29.1 Å². The number of carbonyl (C=O) groups excluding carboxylic acids is 2. The Bertz CT molecular complexity index is 607. The largest absolute Gasteiger partial charge is 0.339 e. The number of fused-ring (bicyclic) bond motifs is 1. The van der Waals surface area contributed by atoms with Crippen molar-refractivity contribution in [3.63, 3.8) is 0 Å². The van der Waals surface area contributed by atoms with Crippen molar-refractivity contribution >= 4 is 34.8 Å². The first-order valence-electron chi connectivity index (χ1n) is 7.13. The summed E-state index contributed by atoms with van der Waals surface area (Å²) in [6.07, 6.45) is 4.02. The molecule has 3 rings (SSSR count). The summed E-state index contributed by atoms with van der Waals surface area (Å²) < 4.78 is 0. The molecule has 0 saturated heterocycles. The van der Waals surface area contributed by atoms with E-state index in [4.69, 9.17) is 11.6 Å². The van der Waals surface area contributed by atoms with Gasteiger partial charge in [-0.3, -0.25) is 9.59 Å². The fourth-order valence-electron chi connectivity index (χ4n) is 3.21. The van der Waals surface area contributed by atoms with Crippen LogP contribution in [0.25, 0.3) is 0 Å². The van der Waals surface area contributed by atoms with Gasteiger partial charge in [-0.25, -0.2) is 4.98 Å². The summed E-state index contributed by atoms with van der Waals surface area (Å²) >= 11 is 5.93. The fraction of sp³-hybridized carbons (Fsp3) is 0.571. The van der Waals surface area contributed by atoms with Gasteiger partial charge in [0.25, 0.3) is 0 Å². The Kier molecular flexibility index (Phi) is 3.57. The lowest BCUT2D eigenvalue weighted by Crippen LogP contribution is -2.55. The van der Waals surface area contributed by atoms with Crippen molar-refractivity contribution in [2.75, 3.05) is 16.8 Å². The van der Waals surface area contributed by atoms with Crippen LogP contribution >= 0.6 is 11.6 Å². The van der Waals surface area contributed by atoms with Gasteiger partial charge in [0.2, 0.25) is 11.2 Å². The molecule has 1 fully saturated rings. The van der Waals surface area contributed by atoms with Crippen LogP contribution in [0.4, 0.5) is 11.5 Å². The zero-order valence-corrected chi connectivity index (χ0v) is 12.8. The average Bonchev–Trinajstić information content (AvgIpc) is 2.88. The number of carbonyl (C=O) groups is 2. The summed E-state index contributed by atoms with van der Waals surface area (Å²) in [4.78, 5) is 36.1. The van der Waals surface area contributed by atoms with E-state index < -0.39 is 0 Å².